The van der Waals surface area contributed by atoms with Crippen LogP contribution in [0.5, 0.6) is 0 Å². The molecule has 1 aromatic carbocycles. The van der Waals surface area contributed by atoms with Crippen LogP contribution in [0.2, 0.25) is 5.02 Å². The number of halogens is 4. The van der Waals surface area contributed by atoms with Crippen molar-refractivity contribution in [3.8, 4) is 0 Å². The number of rotatable bonds is 4. The number of nitrogens with one attached hydrogen (secondary N) is 1. The van der Waals surface area contributed by atoms with Crippen LogP contribution in [0.4, 0.5) is 13.2 Å². The van der Waals surface area contributed by atoms with Crippen molar-refractivity contribution in [1.29, 1.82) is 0 Å². The molecule has 0 saturated carbocycles. The van der Waals surface area contributed by atoms with Crippen molar-refractivity contribution in [2.45, 2.75) is 31.7 Å². The lowest BCUT2D eigenvalue weighted by molar-refractivity contribution is -0.253. The van der Waals surface area contributed by atoms with Crippen LogP contribution in [0.25, 0.3) is 0 Å². The normalized spacial score (nSPS) is 14.8. The highest BCUT2D eigenvalue weighted by Crippen LogP contribution is 2.32. The topological polar surface area (TPSA) is 49.3 Å². The zero-order chi connectivity index (χ0) is 14.7. The van der Waals surface area contributed by atoms with E-state index in [4.69, 9.17) is 16.7 Å². The predicted molar refractivity (Wildman–Crippen MR) is 64.6 cm³/mol. The summed E-state index contributed by atoms with van der Waals surface area (Å²) in [7, 11) is 0. The van der Waals surface area contributed by atoms with E-state index in [9.17, 15) is 18.0 Å². The zero-order valence-corrected chi connectivity index (χ0v) is 10.8. The molecule has 1 aromatic rings. The SMILES string of the molecule is C[C@@](O)(CC(=O)NCc1cccc(Cl)c1)C(F)(F)F. The van der Waals surface area contributed by atoms with E-state index in [1.54, 1.807) is 24.3 Å². The number of amides is 1. The lowest BCUT2D eigenvalue weighted by Crippen LogP contribution is -2.46. The van der Waals surface area contributed by atoms with Gasteiger partial charge in [-0.2, -0.15) is 13.2 Å². The number of carbonyl (C=O) groups excluding carboxylic acids is 1. The van der Waals surface area contributed by atoms with Crippen LogP contribution in [-0.4, -0.2) is 22.8 Å². The van der Waals surface area contributed by atoms with Crippen LogP contribution in [0.1, 0.15) is 18.9 Å². The molecule has 2 N–H and O–H groups in total. The van der Waals surface area contributed by atoms with Gasteiger partial charge in [0.25, 0.3) is 0 Å². The highest BCUT2D eigenvalue weighted by molar-refractivity contribution is 6.30. The standard InChI is InChI=1S/C12H13ClF3NO2/c1-11(19,12(14,15)16)6-10(18)17-7-8-3-2-4-9(13)5-8/h2-5,19H,6-7H2,1H3,(H,17,18)/t11-/m1/s1. The van der Waals surface area contributed by atoms with Crippen LogP contribution in [0, 0.1) is 0 Å². The van der Waals surface area contributed by atoms with Gasteiger partial charge in [0.1, 0.15) is 0 Å². The van der Waals surface area contributed by atoms with Crippen molar-refractivity contribution >= 4 is 17.5 Å². The highest BCUT2D eigenvalue weighted by Gasteiger charge is 2.50. The summed E-state index contributed by atoms with van der Waals surface area (Å²) in [4.78, 5) is 11.4. The summed E-state index contributed by atoms with van der Waals surface area (Å²) < 4.78 is 37.1. The molecule has 1 amide bonds. The molecule has 0 radical (unpaired) electrons. The molecule has 0 unspecified atom stereocenters. The monoisotopic (exact) mass is 295 g/mol. The van der Waals surface area contributed by atoms with Crippen molar-refractivity contribution in [2.75, 3.05) is 0 Å². The van der Waals surface area contributed by atoms with E-state index < -0.39 is 24.1 Å². The van der Waals surface area contributed by atoms with Gasteiger partial charge in [-0.1, -0.05) is 23.7 Å². The molecule has 0 bridgehead atoms. The second-order valence-electron chi connectivity index (χ2n) is 4.36. The molecule has 0 saturated heterocycles. The number of alkyl halides is 3. The quantitative estimate of drug-likeness (QED) is 0.897. The molecule has 0 heterocycles. The molecule has 0 aliphatic carbocycles. The van der Waals surface area contributed by atoms with E-state index in [1.807, 2.05) is 0 Å². The van der Waals surface area contributed by atoms with E-state index in [1.165, 1.54) is 0 Å². The van der Waals surface area contributed by atoms with Gasteiger partial charge in [-0.15, -0.1) is 0 Å². The average Bonchev–Trinajstić information content (AvgIpc) is 2.24. The zero-order valence-electron chi connectivity index (χ0n) is 10.1. The van der Waals surface area contributed by atoms with Gasteiger partial charge in [-0.05, 0) is 24.6 Å². The summed E-state index contributed by atoms with van der Waals surface area (Å²) >= 11 is 5.73. The summed E-state index contributed by atoms with van der Waals surface area (Å²) in [6.45, 7) is 0.610. The van der Waals surface area contributed by atoms with Crippen LogP contribution < -0.4 is 5.32 Å². The van der Waals surface area contributed by atoms with Crippen molar-refractivity contribution in [2.24, 2.45) is 0 Å². The van der Waals surface area contributed by atoms with E-state index >= 15 is 0 Å². The molecule has 0 aliphatic rings. The summed E-state index contributed by atoms with van der Waals surface area (Å²) in [5.41, 5.74) is -2.38. The fraction of sp³-hybridized carbons (Fsp3) is 0.417. The van der Waals surface area contributed by atoms with Gasteiger partial charge in [0, 0.05) is 11.6 Å². The van der Waals surface area contributed by atoms with Gasteiger partial charge in [0.05, 0.1) is 6.42 Å². The Morgan fingerprint density at radius 2 is 2.05 bits per heavy atom. The molecule has 0 aromatic heterocycles. The predicted octanol–water partition coefficient (Wildman–Crippen LogP) is 2.66. The van der Waals surface area contributed by atoms with Gasteiger partial charge in [-0.25, -0.2) is 0 Å². The first-order valence-electron chi connectivity index (χ1n) is 5.42. The number of hydrogen-bond donors (Lipinski definition) is 2. The second kappa shape index (κ2) is 5.79. The maximum Gasteiger partial charge on any atom is 0.417 e. The van der Waals surface area contributed by atoms with Crippen LogP contribution in [0.3, 0.4) is 0 Å². The van der Waals surface area contributed by atoms with Gasteiger partial charge in [0.2, 0.25) is 5.91 Å². The number of aliphatic hydroxyl groups is 1. The van der Waals surface area contributed by atoms with Crippen molar-refractivity contribution in [3.05, 3.63) is 34.9 Å². The summed E-state index contributed by atoms with van der Waals surface area (Å²) in [5.74, 6) is -0.887. The first kappa shape index (κ1) is 15.8. The number of carbonyl (C=O) groups is 1. The number of benzene rings is 1. The highest BCUT2D eigenvalue weighted by atomic mass is 35.5. The molecule has 0 aliphatic heterocycles. The van der Waals surface area contributed by atoms with Crippen LogP contribution >= 0.6 is 11.6 Å². The molecule has 0 spiro atoms. The van der Waals surface area contributed by atoms with Crippen molar-refractivity contribution in [3.63, 3.8) is 0 Å². The van der Waals surface area contributed by atoms with Gasteiger partial charge >= 0.3 is 6.18 Å². The van der Waals surface area contributed by atoms with Crippen LogP contribution in [-0.2, 0) is 11.3 Å². The lowest BCUT2D eigenvalue weighted by Gasteiger charge is -2.25. The van der Waals surface area contributed by atoms with E-state index in [-0.39, 0.29) is 6.54 Å². The fourth-order valence-electron chi connectivity index (χ4n) is 1.32. The maximum atomic E-state index is 12.4. The largest absolute Gasteiger partial charge is 0.417 e. The Morgan fingerprint density at radius 3 is 2.58 bits per heavy atom. The van der Waals surface area contributed by atoms with Crippen molar-refractivity contribution < 1.29 is 23.1 Å². The molecule has 19 heavy (non-hydrogen) atoms. The lowest BCUT2D eigenvalue weighted by atomic mass is 10.0. The number of hydrogen-bond acceptors (Lipinski definition) is 2. The molecule has 106 valence electrons. The van der Waals surface area contributed by atoms with E-state index in [0.717, 1.165) is 0 Å². The minimum atomic E-state index is -4.85. The van der Waals surface area contributed by atoms with E-state index in [0.29, 0.717) is 17.5 Å². The molecule has 1 rings (SSSR count). The van der Waals surface area contributed by atoms with Crippen molar-refractivity contribution in [1.82, 2.24) is 5.32 Å². The Balaban J connectivity index is 2.53. The molecular formula is C12H13ClF3NO2. The summed E-state index contributed by atoms with van der Waals surface area (Å²) in [6.07, 6.45) is -5.89. The molecule has 7 heteroatoms. The fourth-order valence-corrected chi connectivity index (χ4v) is 1.54. The molecule has 3 nitrogen and oxygen atoms in total. The smallest absolute Gasteiger partial charge is 0.380 e. The molecular weight excluding hydrogens is 283 g/mol. The van der Waals surface area contributed by atoms with Gasteiger partial charge in [-0.3, -0.25) is 4.79 Å². The maximum absolute atomic E-state index is 12.4. The summed E-state index contributed by atoms with van der Waals surface area (Å²) in [6, 6.07) is 6.56. The first-order chi connectivity index (χ1) is 8.62. The minimum Gasteiger partial charge on any atom is -0.380 e. The van der Waals surface area contributed by atoms with E-state index in [2.05, 4.69) is 5.32 Å². The van der Waals surface area contributed by atoms with Gasteiger partial charge in [0.15, 0.2) is 5.60 Å². The van der Waals surface area contributed by atoms with Crippen LogP contribution in [0.15, 0.2) is 24.3 Å². The summed E-state index contributed by atoms with van der Waals surface area (Å²) in [5, 5.41) is 11.9. The first-order valence-corrected chi connectivity index (χ1v) is 5.80. The molecule has 1 atom stereocenters. The Hall–Kier alpha value is -1.27. The van der Waals surface area contributed by atoms with Gasteiger partial charge < -0.3 is 10.4 Å². The Bertz CT molecular complexity index is 461. The second-order valence-corrected chi connectivity index (χ2v) is 4.79. The Labute approximate surface area is 113 Å². The minimum absolute atomic E-state index is 0.0489. The Morgan fingerprint density at radius 1 is 1.42 bits per heavy atom. The third kappa shape index (κ3) is 4.72. The third-order valence-corrected chi connectivity index (χ3v) is 2.73. The average molecular weight is 296 g/mol. The Kier molecular flexibility index (Phi) is 4.81. The molecule has 0 fully saturated rings. The third-order valence-electron chi connectivity index (χ3n) is 2.49.